The molecule has 0 radical (unpaired) electrons. The molecule has 1 fully saturated rings. The van der Waals surface area contributed by atoms with Crippen LogP contribution in [0.15, 0.2) is 36.7 Å². The summed E-state index contributed by atoms with van der Waals surface area (Å²) >= 11 is 0. The second kappa shape index (κ2) is 4.17. The van der Waals surface area contributed by atoms with Gasteiger partial charge < -0.3 is 4.90 Å². The number of rotatable bonds is 1. The van der Waals surface area contributed by atoms with E-state index < -0.39 is 0 Å². The van der Waals surface area contributed by atoms with Crippen LogP contribution in [-0.4, -0.2) is 17.4 Å². The van der Waals surface area contributed by atoms with Crippen LogP contribution in [0, 0.1) is 5.41 Å². The summed E-state index contributed by atoms with van der Waals surface area (Å²) in [5, 5.41) is 10.4. The third-order valence-corrected chi connectivity index (χ3v) is 3.32. The molecule has 1 aromatic heterocycles. The smallest absolute Gasteiger partial charge is 0.100 e. The molecule has 1 aromatic carbocycles. The zero-order chi connectivity index (χ0) is 11.7. The maximum Gasteiger partial charge on any atom is 0.100 e. The Kier molecular flexibility index (Phi) is 2.52. The van der Waals surface area contributed by atoms with Gasteiger partial charge in [0.25, 0.3) is 0 Å². The predicted molar refractivity (Wildman–Crippen MR) is 70.7 cm³/mol. The summed E-state index contributed by atoms with van der Waals surface area (Å²) in [7, 11) is 0. The Morgan fingerprint density at radius 3 is 3.00 bits per heavy atom. The fourth-order valence-corrected chi connectivity index (χ4v) is 2.44. The van der Waals surface area contributed by atoms with E-state index in [1.54, 1.807) is 0 Å². The molecule has 0 unspecified atom stereocenters. The molecule has 1 aliphatic heterocycles. The Hall–Kier alpha value is -1.90. The second-order valence-electron chi connectivity index (χ2n) is 4.43. The van der Waals surface area contributed by atoms with Crippen molar-refractivity contribution in [2.75, 3.05) is 11.4 Å². The topological polar surface area (TPSA) is 40.0 Å². The molecule has 1 N–H and O–H groups in total. The van der Waals surface area contributed by atoms with Gasteiger partial charge in [-0.1, -0.05) is 12.1 Å². The highest BCUT2D eigenvalue weighted by atomic mass is 15.2. The van der Waals surface area contributed by atoms with Crippen molar-refractivity contribution < 1.29 is 0 Å². The Balaban J connectivity index is 2.13. The molecule has 0 bridgehead atoms. The molecule has 0 atom stereocenters. The molecule has 0 spiro atoms. The molecular formula is C14H15N3. The van der Waals surface area contributed by atoms with Gasteiger partial charge in [0, 0.05) is 36.1 Å². The molecule has 1 aliphatic rings. The number of anilines is 1. The monoisotopic (exact) mass is 225 g/mol. The van der Waals surface area contributed by atoms with Crippen LogP contribution < -0.4 is 4.90 Å². The average Bonchev–Trinajstić information content (AvgIpc) is 2.39. The van der Waals surface area contributed by atoms with Gasteiger partial charge in [0.05, 0.1) is 5.69 Å². The lowest BCUT2D eigenvalue weighted by atomic mass is 10.1. The van der Waals surface area contributed by atoms with Gasteiger partial charge in [-0.05, 0) is 25.0 Å². The number of amidine groups is 1. The van der Waals surface area contributed by atoms with Gasteiger partial charge in [0.1, 0.15) is 5.84 Å². The van der Waals surface area contributed by atoms with Crippen molar-refractivity contribution in [3.8, 4) is 0 Å². The Bertz CT molecular complexity index is 557. The van der Waals surface area contributed by atoms with Crippen LogP contribution in [-0.2, 0) is 0 Å². The highest BCUT2D eigenvalue weighted by Crippen LogP contribution is 2.28. The predicted octanol–water partition coefficient (Wildman–Crippen LogP) is 3.20. The summed E-state index contributed by atoms with van der Waals surface area (Å²) in [6, 6.07) is 8.25. The van der Waals surface area contributed by atoms with Gasteiger partial charge in [-0.25, -0.2) is 0 Å². The summed E-state index contributed by atoms with van der Waals surface area (Å²) in [5.74, 6) is 0.737. The van der Waals surface area contributed by atoms with E-state index in [2.05, 4.69) is 22.0 Å². The van der Waals surface area contributed by atoms with E-state index in [4.69, 9.17) is 5.41 Å². The van der Waals surface area contributed by atoms with E-state index in [1.165, 1.54) is 11.8 Å². The normalized spacial score (nSPS) is 16.5. The highest BCUT2D eigenvalue weighted by Gasteiger charge is 2.17. The molecule has 2 aromatic rings. The first kappa shape index (κ1) is 10.3. The van der Waals surface area contributed by atoms with Crippen molar-refractivity contribution in [1.82, 2.24) is 4.98 Å². The molecule has 1 saturated heterocycles. The summed E-state index contributed by atoms with van der Waals surface area (Å²) in [6.45, 7) is 0.959. The van der Waals surface area contributed by atoms with E-state index in [9.17, 15) is 0 Å². The standard InChI is InChI=1S/C14H15N3/c15-14-6-1-2-9-17(14)13-5-3-4-11-10-16-8-7-12(11)13/h3-5,7-8,10,15H,1-2,6,9H2. The average molecular weight is 225 g/mol. The second-order valence-corrected chi connectivity index (χ2v) is 4.43. The van der Waals surface area contributed by atoms with Crippen molar-refractivity contribution >= 4 is 22.3 Å². The lowest BCUT2D eigenvalue weighted by Crippen LogP contribution is -2.34. The summed E-state index contributed by atoms with van der Waals surface area (Å²) in [5.41, 5.74) is 1.15. The molecule has 0 amide bonds. The lowest BCUT2D eigenvalue weighted by Gasteiger charge is -2.30. The van der Waals surface area contributed by atoms with Crippen molar-refractivity contribution in [1.29, 1.82) is 5.41 Å². The van der Waals surface area contributed by atoms with E-state index >= 15 is 0 Å². The van der Waals surface area contributed by atoms with Gasteiger partial charge in [-0.3, -0.25) is 10.4 Å². The number of nitrogens with one attached hydrogen (secondary N) is 1. The Morgan fingerprint density at radius 1 is 1.18 bits per heavy atom. The molecule has 0 saturated carbocycles. The van der Waals surface area contributed by atoms with Crippen LogP contribution in [0.3, 0.4) is 0 Å². The largest absolute Gasteiger partial charge is 0.330 e. The molecule has 0 aliphatic carbocycles. The van der Waals surface area contributed by atoms with Crippen LogP contribution in [0.2, 0.25) is 0 Å². The SMILES string of the molecule is N=C1CCCCN1c1cccc2cnccc12. The maximum absolute atomic E-state index is 8.07. The summed E-state index contributed by atoms with van der Waals surface area (Å²) in [6.07, 6.45) is 6.90. The van der Waals surface area contributed by atoms with Crippen molar-refractivity contribution in [2.24, 2.45) is 0 Å². The van der Waals surface area contributed by atoms with E-state index in [-0.39, 0.29) is 0 Å². The number of hydrogen-bond donors (Lipinski definition) is 1. The van der Waals surface area contributed by atoms with Crippen LogP contribution >= 0.6 is 0 Å². The van der Waals surface area contributed by atoms with Crippen LogP contribution in [0.25, 0.3) is 10.8 Å². The first-order chi connectivity index (χ1) is 8.36. The fraction of sp³-hybridized carbons (Fsp3) is 0.286. The van der Waals surface area contributed by atoms with Gasteiger partial charge in [-0.15, -0.1) is 0 Å². The van der Waals surface area contributed by atoms with E-state index in [0.29, 0.717) is 0 Å². The summed E-state index contributed by atoms with van der Waals surface area (Å²) in [4.78, 5) is 6.28. The molecule has 17 heavy (non-hydrogen) atoms. The minimum Gasteiger partial charge on any atom is -0.330 e. The quantitative estimate of drug-likeness (QED) is 0.809. The van der Waals surface area contributed by atoms with Crippen molar-refractivity contribution in [3.05, 3.63) is 36.7 Å². The molecule has 3 nitrogen and oxygen atoms in total. The number of hydrogen-bond acceptors (Lipinski definition) is 2. The van der Waals surface area contributed by atoms with Crippen LogP contribution in [0.5, 0.6) is 0 Å². The molecule has 3 heteroatoms. The Labute approximate surface area is 101 Å². The van der Waals surface area contributed by atoms with Crippen molar-refractivity contribution in [2.45, 2.75) is 19.3 Å². The molecule has 3 rings (SSSR count). The first-order valence-electron chi connectivity index (χ1n) is 6.04. The fourth-order valence-electron chi connectivity index (χ4n) is 2.44. The molecule has 2 heterocycles. The van der Waals surface area contributed by atoms with Gasteiger partial charge in [-0.2, -0.15) is 0 Å². The third-order valence-electron chi connectivity index (χ3n) is 3.32. The number of pyridine rings is 1. The van der Waals surface area contributed by atoms with Gasteiger partial charge in [0.2, 0.25) is 0 Å². The number of benzene rings is 1. The zero-order valence-corrected chi connectivity index (χ0v) is 9.69. The summed E-state index contributed by atoms with van der Waals surface area (Å²) < 4.78 is 0. The Morgan fingerprint density at radius 2 is 2.12 bits per heavy atom. The molecular weight excluding hydrogens is 210 g/mol. The number of nitrogens with zero attached hydrogens (tertiary/aromatic N) is 2. The van der Waals surface area contributed by atoms with Gasteiger partial charge >= 0.3 is 0 Å². The number of piperidine rings is 1. The molecule has 86 valence electrons. The van der Waals surface area contributed by atoms with Gasteiger partial charge in [0.15, 0.2) is 0 Å². The number of aromatic nitrogens is 1. The zero-order valence-electron chi connectivity index (χ0n) is 9.69. The van der Waals surface area contributed by atoms with Crippen LogP contribution in [0.4, 0.5) is 5.69 Å². The lowest BCUT2D eigenvalue weighted by molar-refractivity contribution is 0.708. The third kappa shape index (κ3) is 1.78. The van der Waals surface area contributed by atoms with E-state index in [0.717, 1.165) is 36.3 Å². The van der Waals surface area contributed by atoms with Crippen molar-refractivity contribution in [3.63, 3.8) is 0 Å². The first-order valence-corrected chi connectivity index (χ1v) is 6.04. The van der Waals surface area contributed by atoms with E-state index in [1.807, 2.05) is 24.5 Å². The maximum atomic E-state index is 8.07. The number of fused-ring (bicyclic) bond motifs is 1. The highest BCUT2D eigenvalue weighted by molar-refractivity contribution is 6.04. The minimum atomic E-state index is 0.737. The minimum absolute atomic E-state index is 0.737. The van der Waals surface area contributed by atoms with Crippen LogP contribution in [0.1, 0.15) is 19.3 Å².